The lowest BCUT2D eigenvalue weighted by atomic mass is 9.97. The molecule has 6 N–H and O–H groups in total. The molecular weight excluding hydrogens is 1320 g/mol. The van der Waals surface area contributed by atoms with E-state index in [1.54, 1.807) is 69.3 Å². The molecule has 0 bridgehead atoms. The molecule has 0 unspecified atom stereocenters. The third-order valence-corrected chi connectivity index (χ3v) is 15.2. The summed E-state index contributed by atoms with van der Waals surface area (Å²) in [5.74, 6) is -12.9. The molecule has 536 valence electrons. The summed E-state index contributed by atoms with van der Waals surface area (Å²) >= 11 is 0. The van der Waals surface area contributed by atoms with Gasteiger partial charge in [-0.3, -0.25) is 47.9 Å². The molecule has 0 radical (unpaired) electrons. The summed E-state index contributed by atoms with van der Waals surface area (Å²) in [5, 5.41) is 14.7. The molecule has 32 heteroatoms. The lowest BCUT2D eigenvalue weighted by molar-refractivity contribution is -0.306. The molecule has 100 heavy (non-hydrogen) atoms. The minimum atomic E-state index is -1.95. The van der Waals surface area contributed by atoms with Crippen LogP contribution in [0.25, 0.3) is 0 Å². The van der Waals surface area contributed by atoms with Crippen LogP contribution < -0.4 is 31.9 Å². The van der Waals surface area contributed by atoms with Gasteiger partial charge in [0.15, 0.2) is 49.2 Å². The molecule has 3 fully saturated rings. The van der Waals surface area contributed by atoms with Crippen LogP contribution >= 0.6 is 0 Å². The van der Waals surface area contributed by atoms with Crippen LogP contribution in [-0.4, -0.2) is 209 Å². The molecule has 12 atom stereocenters. The lowest BCUT2D eigenvalue weighted by Crippen LogP contribution is -2.63. The number of hydrogen-bond acceptors (Lipinski definition) is 26. The van der Waals surface area contributed by atoms with Crippen molar-refractivity contribution in [3.63, 3.8) is 0 Å². The molecule has 3 aliphatic rings. The second-order valence-electron chi connectivity index (χ2n) is 23.3. The molecule has 3 aliphatic heterocycles. The molecule has 0 aromatic heterocycles. The summed E-state index contributed by atoms with van der Waals surface area (Å²) in [6.45, 7) is 5.89. The zero-order valence-corrected chi connectivity index (χ0v) is 55.9. The van der Waals surface area contributed by atoms with Crippen LogP contribution in [0.5, 0.6) is 0 Å². The van der Waals surface area contributed by atoms with Crippen LogP contribution in [0.4, 0.5) is 0 Å². The van der Waals surface area contributed by atoms with E-state index in [0.29, 0.717) is 0 Å². The highest BCUT2D eigenvalue weighted by molar-refractivity contribution is 5.93. The van der Waals surface area contributed by atoms with Gasteiger partial charge in [-0.25, -0.2) is 19.2 Å². The smallest absolute Gasteiger partial charge is 0.338 e. The van der Waals surface area contributed by atoms with Crippen molar-refractivity contribution in [2.24, 2.45) is 0 Å². The number of ether oxygens (including phenoxy) is 12. The van der Waals surface area contributed by atoms with Gasteiger partial charge in [0.1, 0.15) is 50.7 Å². The van der Waals surface area contributed by atoms with Crippen molar-refractivity contribution in [1.29, 1.82) is 0 Å². The van der Waals surface area contributed by atoms with Crippen LogP contribution in [0.15, 0.2) is 97.1 Å². The number of carbonyl (C=O) groups is 14. The van der Waals surface area contributed by atoms with Crippen molar-refractivity contribution in [2.75, 3.05) is 52.6 Å². The monoisotopic (exact) mass is 1390 g/mol. The SMILES string of the molecule is CC(=O)OC[C@H]1O[C@@H](OCC(=O)N[C@H]2CNC(=O)CCNC(=O)[C@@H](NC(=O)CO[C@@H]3O[C@H](COC(=O)c4ccc(C)cc4)[C@@H](OC(=O)c4ccc(C)cc4)[C@H](OC(=O)c4ccc(C)cc4)[C@H]3OC(=O)c3ccc(C)cc3)CNC(=O)CCNC2=O)[C@H](OC(C)=O)[C@@H](OC(C)=O)[C@H]1OC(C)=O. The fourth-order valence-corrected chi connectivity index (χ4v) is 10.1. The third-order valence-electron chi connectivity index (χ3n) is 15.2. The van der Waals surface area contributed by atoms with Crippen LogP contribution in [0, 0.1) is 27.7 Å². The summed E-state index contributed by atoms with van der Waals surface area (Å²) in [6.07, 6.45) is -18.1. The lowest BCUT2D eigenvalue weighted by Gasteiger charge is -2.44. The Morgan fingerprint density at radius 1 is 0.390 bits per heavy atom. The van der Waals surface area contributed by atoms with Crippen molar-refractivity contribution < 1.29 is 124 Å². The molecule has 0 spiro atoms. The summed E-state index contributed by atoms with van der Waals surface area (Å²) < 4.78 is 69.3. The van der Waals surface area contributed by atoms with Gasteiger partial charge in [0, 0.05) is 66.7 Å². The topological polar surface area (TPSA) is 422 Å². The quantitative estimate of drug-likeness (QED) is 0.0468. The highest BCUT2D eigenvalue weighted by atomic mass is 16.7. The molecule has 7 rings (SSSR count). The molecular formula is C68H78N6O26. The van der Waals surface area contributed by atoms with Gasteiger partial charge in [0.25, 0.3) is 0 Å². The second-order valence-corrected chi connectivity index (χ2v) is 23.3. The number of amides is 6. The zero-order valence-electron chi connectivity index (χ0n) is 55.9. The van der Waals surface area contributed by atoms with Gasteiger partial charge in [0.2, 0.25) is 35.4 Å². The largest absolute Gasteiger partial charge is 0.463 e. The average Bonchev–Trinajstić information content (AvgIpc) is 0.782. The van der Waals surface area contributed by atoms with Crippen molar-refractivity contribution in [1.82, 2.24) is 31.9 Å². The van der Waals surface area contributed by atoms with Gasteiger partial charge in [0.05, 0.1) is 22.3 Å². The van der Waals surface area contributed by atoms with Gasteiger partial charge >= 0.3 is 47.8 Å². The van der Waals surface area contributed by atoms with Gasteiger partial charge in [-0.1, -0.05) is 70.8 Å². The van der Waals surface area contributed by atoms with E-state index in [2.05, 4.69) is 31.9 Å². The number of rotatable bonds is 22. The number of nitrogens with one attached hydrogen (secondary N) is 6. The molecule has 3 saturated heterocycles. The van der Waals surface area contributed by atoms with Crippen molar-refractivity contribution in [3.8, 4) is 0 Å². The van der Waals surface area contributed by atoms with E-state index >= 15 is 0 Å². The maximum Gasteiger partial charge on any atom is 0.338 e. The Morgan fingerprint density at radius 2 is 0.700 bits per heavy atom. The Balaban J connectivity index is 1.07. The number of esters is 8. The van der Waals surface area contributed by atoms with Crippen molar-refractivity contribution in [3.05, 3.63) is 142 Å². The van der Waals surface area contributed by atoms with Crippen LogP contribution in [0.1, 0.15) is 104 Å². The first kappa shape index (κ1) is 76.7. The van der Waals surface area contributed by atoms with E-state index in [1.807, 2.05) is 6.92 Å². The minimum Gasteiger partial charge on any atom is -0.463 e. The number of benzene rings is 4. The Kier molecular flexibility index (Phi) is 28.2. The summed E-state index contributed by atoms with van der Waals surface area (Å²) in [7, 11) is 0. The second kappa shape index (κ2) is 36.8. The number of carbonyl (C=O) groups excluding carboxylic acids is 14. The van der Waals surface area contributed by atoms with Gasteiger partial charge in [-0.15, -0.1) is 0 Å². The molecule has 3 heterocycles. The zero-order chi connectivity index (χ0) is 72.7. The molecule has 0 aliphatic carbocycles. The molecule has 32 nitrogen and oxygen atoms in total. The van der Waals surface area contributed by atoms with Crippen LogP contribution in [0.2, 0.25) is 0 Å². The van der Waals surface area contributed by atoms with Gasteiger partial charge < -0.3 is 88.7 Å². The van der Waals surface area contributed by atoms with E-state index in [-0.39, 0.29) is 22.3 Å². The Bertz CT molecular complexity index is 3630. The van der Waals surface area contributed by atoms with E-state index in [0.717, 1.165) is 49.9 Å². The Hall–Kier alpha value is -10.7. The predicted octanol–water partition coefficient (Wildman–Crippen LogP) is 0.823. The maximum atomic E-state index is 14.3. The van der Waals surface area contributed by atoms with Crippen LogP contribution in [0.3, 0.4) is 0 Å². The molecule has 6 amide bonds. The fourth-order valence-electron chi connectivity index (χ4n) is 10.1. The average molecular weight is 1400 g/mol. The summed E-state index contributed by atoms with van der Waals surface area (Å²) in [5.41, 5.74) is 3.34. The first-order valence-electron chi connectivity index (χ1n) is 31.5. The van der Waals surface area contributed by atoms with Crippen molar-refractivity contribution in [2.45, 2.75) is 142 Å². The van der Waals surface area contributed by atoms with Crippen molar-refractivity contribution >= 4 is 83.2 Å². The number of hydrogen-bond donors (Lipinski definition) is 6. The Labute approximate surface area is 573 Å². The normalized spacial score (nSPS) is 23.5. The predicted molar refractivity (Wildman–Crippen MR) is 340 cm³/mol. The molecule has 4 aromatic rings. The van der Waals surface area contributed by atoms with Gasteiger partial charge in [-0.05, 0) is 76.2 Å². The first-order chi connectivity index (χ1) is 47.6. The van der Waals surface area contributed by atoms with E-state index in [1.165, 1.54) is 48.5 Å². The first-order valence-corrected chi connectivity index (χ1v) is 31.5. The summed E-state index contributed by atoms with van der Waals surface area (Å²) in [6, 6.07) is 21.7. The third kappa shape index (κ3) is 23.2. The standard InChI is InChI=1S/C68H78N6O26/c1-35-9-17-43(18-10-35)63(85)90-32-50-56(98-64(86)44-19-11-36(2)12-20-44)58(99-65(87)45-21-13-37(3)14-22-45)60(100-66(88)46-23-15-38(4)16-24-46)68(97-50)92-34-54(82)74-48-30-72-52(80)25-27-69-61(83)47(29-71-51(79)26-28-70-62(48)84)73-53(81)33-91-67-59(95-42(8)78)57(94-41(7)77)55(93-40(6)76)49(96-67)31-89-39(5)75/h9-24,47-50,55-60,67-68H,25-34H2,1-8H3,(H,69,83)(H,70,84)(H,71,79)(H,72,80)(H,73,81)(H,74,82)/t47-,48-,49+,50+,55-,56+,57-,58-,59+,60+,67+,68+/m0/s1. The van der Waals surface area contributed by atoms with Crippen LogP contribution in [-0.2, 0) is 105 Å². The highest BCUT2D eigenvalue weighted by Gasteiger charge is 2.55. The van der Waals surface area contributed by atoms with Gasteiger partial charge in [-0.2, -0.15) is 0 Å². The highest BCUT2D eigenvalue weighted by Crippen LogP contribution is 2.33. The van der Waals surface area contributed by atoms with E-state index in [9.17, 15) is 67.1 Å². The molecule has 0 saturated carbocycles. The Morgan fingerprint density at radius 3 is 1.08 bits per heavy atom. The minimum absolute atomic E-state index is 0.00478. The summed E-state index contributed by atoms with van der Waals surface area (Å²) in [4.78, 5) is 187. The van der Waals surface area contributed by atoms with E-state index in [4.69, 9.17) is 56.8 Å². The fraction of sp³-hybridized carbons (Fsp3) is 0.441. The van der Waals surface area contributed by atoms with E-state index < -0.39 is 222 Å². The number of aryl methyl sites for hydroxylation is 4. The maximum absolute atomic E-state index is 14.3. The molecule has 4 aromatic carbocycles.